The number of carbonyl (C=O) groups is 2. The second-order valence-electron chi connectivity index (χ2n) is 22.0. The van der Waals surface area contributed by atoms with Crippen LogP contribution in [0.4, 0.5) is 9.59 Å². The Kier molecular flexibility index (Phi) is 28.8. The third kappa shape index (κ3) is 19.6. The van der Waals surface area contributed by atoms with Gasteiger partial charge in [0.2, 0.25) is 5.79 Å². The third-order valence-electron chi connectivity index (χ3n) is 14.9. The summed E-state index contributed by atoms with van der Waals surface area (Å²) >= 11 is 0. The summed E-state index contributed by atoms with van der Waals surface area (Å²) < 4.78 is 26.7. The Morgan fingerprint density at radius 3 is 1.99 bits per heavy atom. The molecule has 1 aliphatic heterocycles. The Labute approximate surface area is 436 Å². The number of hydrogen-bond acceptors (Lipinski definition) is 10. The smallest absolute Gasteiger partial charge is 0.412 e. The van der Waals surface area contributed by atoms with E-state index < -0.39 is 35.5 Å². The van der Waals surface area contributed by atoms with E-state index in [0.717, 1.165) is 74.6 Å². The van der Waals surface area contributed by atoms with E-state index in [1.807, 2.05) is 37.8 Å². The van der Waals surface area contributed by atoms with Crippen molar-refractivity contribution in [2.24, 2.45) is 22.9 Å². The molecule has 12 nitrogen and oxygen atoms in total. The number of aliphatic hydroxyl groups excluding tert-OH is 2. The predicted octanol–water partition coefficient (Wildman–Crippen LogP) is 14.9. The number of fused-ring (bicyclic) bond motifs is 2. The zero-order valence-electron chi connectivity index (χ0n) is 46.2. The van der Waals surface area contributed by atoms with Crippen molar-refractivity contribution in [3.05, 3.63) is 48.1 Å². The lowest BCUT2D eigenvalue weighted by atomic mass is 9.55. The van der Waals surface area contributed by atoms with Gasteiger partial charge in [-0.05, 0) is 101 Å². The van der Waals surface area contributed by atoms with Crippen molar-refractivity contribution in [1.82, 2.24) is 10.2 Å². The van der Waals surface area contributed by atoms with E-state index in [-0.39, 0.29) is 37.6 Å². The first-order chi connectivity index (χ1) is 35.0. The molecular formula is C60H101N3O9. The Balaban J connectivity index is 1.71. The van der Waals surface area contributed by atoms with Crippen molar-refractivity contribution >= 4 is 17.9 Å². The third-order valence-corrected chi connectivity index (χ3v) is 14.9. The molecule has 3 aliphatic rings. The zero-order valence-corrected chi connectivity index (χ0v) is 46.2. The lowest BCUT2D eigenvalue weighted by Gasteiger charge is -2.60. The quantitative estimate of drug-likeness (QED) is 0.0334. The van der Waals surface area contributed by atoms with Gasteiger partial charge in [-0.2, -0.15) is 0 Å². The summed E-state index contributed by atoms with van der Waals surface area (Å²) in [5.41, 5.74) is 1.99. The molecule has 1 heterocycles. The summed E-state index contributed by atoms with van der Waals surface area (Å²) in [6.45, 7) is 18.2. The number of unbranched alkanes of at least 4 members (excludes halogenated alkanes) is 20. The van der Waals surface area contributed by atoms with Crippen LogP contribution in [0, 0.1) is 17.8 Å². The number of nitrogens with zero attached hydrogens (tertiary/aromatic N) is 2. The summed E-state index contributed by atoms with van der Waals surface area (Å²) in [5.74, 6) is -1.00. The number of rotatable bonds is 38. The molecule has 1 aromatic carbocycles. The van der Waals surface area contributed by atoms with Gasteiger partial charge in [0.25, 0.3) is 0 Å². The van der Waals surface area contributed by atoms with Gasteiger partial charge in [0.1, 0.15) is 23.1 Å². The molecule has 0 bridgehead atoms. The highest BCUT2D eigenvalue weighted by Gasteiger charge is 2.65. The largest absolute Gasteiger partial charge is 0.459 e. The van der Waals surface area contributed by atoms with Crippen LogP contribution in [0.25, 0.3) is 0 Å². The number of hydrogen-bond donors (Lipinski definition) is 3. The fourth-order valence-electron chi connectivity index (χ4n) is 11.3. The van der Waals surface area contributed by atoms with Crippen molar-refractivity contribution < 1.29 is 43.6 Å². The highest BCUT2D eigenvalue weighted by atomic mass is 16.7. The molecule has 0 aromatic heterocycles. The summed E-state index contributed by atoms with van der Waals surface area (Å²) in [4.78, 5) is 36.2. The molecule has 0 spiro atoms. The van der Waals surface area contributed by atoms with Gasteiger partial charge in [-0.3, -0.25) is 4.90 Å². The van der Waals surface area contributed by atoms with Crippen molar-refractivity contribution in [3.63, 3.8) is 0 Å². The maximum absolute atomic E-state index is 14.7. The first-order valence-corrected chi connectivity index (χ1v) is 29.1. The molecule has 6 unspecified atom stereocenters. The monoisotopic (exact) mass is 1010 g/mol. The number of carbonyl (C=O) groups excluding carboxylic acids is 2. The number of nitrogens with one attached hydrogen (secondary N) is 1. The molecule has 12 heteroatoms. The van der Waals surface area contributed by atoms with Crippen molar-refractivity contribution in [2.75, 3.05) is 39.5 Å². The second-order valence-corrected chi connectivity index (χ2v) is 22.0. The van der Waals surface area contributed by atoms with Gasteiger partial charge in [0, 0.05) is 44.2 Å². The molecular weight excluding hydrogens is 907 g/mol. The van der Waals surface area contributed by atoms with Gasteiger partial charge < -0.3 is 39.3 Å². The number of amides is 2. The van der Waals surface area contributed by atoms with Crippen LogP contribution in [-0.2, 0) is 14.3 Å². The van der Waals surface area contributed by atoms with Gasteiger partial charge >= 0.3 is 12.2 Å². The van der Waals surface area contributed by atoms with Crippen LogP contribution >= 0.6 is 0 Å². The van der Waals surface area contributed by atoms with Crippen molar-refractivity contribution in [1.29, 1.82) is 0 Å². The van der Waals surface area contributed by atoms with Crippen LogP contribution in [-0.4, -0.2) is 90.0 Å². The number of oxime groups is 1. The molecule has 2 aliphatic carbocycles. The SMILES string of the molecule is C=CCOC12Oc3ccc(OC(=O)NCCCCCCCCCCCC)cc3C3C(CCCCO)C(CCCCO)C=C(C(=NOC(C)(C)C)CC1N(CCC)C(=O)OCCCCCCCCCCCC)C32. The summed E-state index contributed by atoms with van der Waals surface area (Å²) in [6, 6.07) is 4.96. The first kappa shape index (κ1) is 60.9. The fourth-order valence-corrected chi connectivity index (χ4v) is 11.3. The number of allylic oxidation sites excluding steroid dienone is 1. The summed E-state index contributed by atoms with van der Waals surface area (Å²) in [7, 11) is 0. The van der Waals surface area contributed by atoms with E-state index in [9.17, 15) is 19.8 Å². The van der Waals surface area contributed by atoms with Gasteiger partial charge in [-0.15, -0.1) is 6.58 Å². The lowest BCUT2D eigenvalue weighted by molar-refractivity contribution is -0.255. The first-order valence-electron chi connectivity index (χ1n) is 29.1. The van der Waals surface area contributed by atoms with Crippen LogP contribution in [0.2, 0.25) is 0 Å². The molecule has 1 aromatic rings. The Morgan fingerprint density at radius 2 is 1.40 bits per heavy atom. The molecule has 410 valence electrons. The van der Waals surface area contributed by atoms with Crippen LogP contribution in [0.5, 0.6) is 11.5 Å². The Morgan fingerprint density at radius 1 is 0.806 bits per heavy atom. The lowest BCUT2D eigenvalue weighted by Crippen LogP contribution is -2.70. The maximum Gasteiger partial charge on any atom is 0.412 e. The molecule has 1 fully saturated rings. The van der Waals surface area contributed by atoms with Crippen molar-refractivity contribution in [2.45, 2.75) is 245 Å². The number of ether oxygens (including phenoxy) is 4. The molecule has 3 N–H and O–H groups in total. The summed E-state index contributed by atoms with van der Waals surface area (Å²) in [6.07, 6.45) is 32.8. The maximum atomic E-state index is 14.7. The average Bonchev–Trinajstić information content (AvgIpc) is 3.36. The zero-order chi connectivity index (χ0) is 52.0. The fraction of sp³-hybridized carbons (Fsp3) is 0.783. The highest BCUT2D eigenvalue weighted by molar-refractivity contribution is 6.03. The van der Waals surface area contributed by atoms with Crippen LogP contribution < -0.4 is 14.8 Å². The van der Waals surface area contributed by atoms with E-state index >= 15 is 0 Å². The number of aliphatic hydroxyl groups is 2. The minimum atomic E-state index is -1.40. The minimum absolute atomic E-state index is 0.0326. The van der Waals surface area contributed by atoms with E-state index in [1.165, 1.54) is 96.3 Å². The van der Waals surface area contributed by atoms with Gasteiger partial charge in [-0.25, -0.2) is 9.59 Å². The van der Waals surface area contributed by atoms with E-state index in [2.05, 4.69) is 38.7 Å². The molecule has 1 saturated carbocycles. The predicted molar refractivity (Wildman–Crippen MR) is 292 cm³/mol. The van der Waals surface area contributed by atoms with E-state index in [0.29, 0.717) is 56.9 Å². The van der Waals surface area contributed by atoms with Crippen LogP contribution in [0.3, 0.4) is 0 Å². The Bertz CT molecular complexity index is 1760. The van der Waals surface area contributed by atoms with Crippen LogP contribution in [0.15, 0.2) is 47.7 Å². The summed E-state index contributed by atoms with van der Waals surface area (Å²) in [5, 5.41) is 28.0. The van der Waals surface area contributed by atoms with Gasteiger partial charge in [0.05, 0.1) is 24.8 Å². The molecule has 6 atom stereocenters. The van der Waals surface area contributed by atoms with Crippen LogP contribution in [0.1, 0.15) is 233 Å². The highest BCUT2D eigenvalue weighted by Crippen LogP contribution is 2.62. The average molecular weight is 1010 g/mol. The molecule has 2 amide bonds. The van der Waals surface area contributed by atoms with Gasteiger partial charge in [-0.1, -0.05) is 166 Å². The van der Waals surface area contributed by atoms with E-state index in [4.69, 9.17) is 28.9 Å². The minimum Gasteiger partial charge on any atom is -0.459 e. The Hall–Kier alpha value is -3.61. The van der Waals surface area contributed by atoms with Gasteiger partial charge in [0.15, 0.2) is 0 Å². The van der Waals surface area contributed by atoms with E-state index in [1.54, 1.807) is 12.1 Å². The van der Waals surface area contributed by atoms with Crippen molar-refractivity contribution in [3.8, 4) is 11.5 Å². The second kappa shape index (κ2) is 34.1. The topological polar surface area (TPSA) is 148 Å². The normalized spacial score (nSPS) is 21.8. The standard InChI is InChI=1S/C60H101N3O9/c1-8-12-14-16-18-20-22-24-26-30-38-61-57(66)70-48-36-37-53-51(45-48)55-49(35-29-32-41-65)47(34-28-31-40-64)44-50-52(62-72-59(5,6)7)46-54(60(71-53,56(50)55)69-42-11-4)63(39-10-3)58(67)68-43-33-27-25-23-21-19-17-15-13-9-2/h11,36-37,44-45,47,49,54-56,64-65H,4,8-10,12-35,38-43,46H2,1-3,5-7H3,(H,61,66). The molecule has 72 heavy (non-hydrogen) atoms. The molecule has 0 radical (unpaired) electrons. The molecule has 0 saturated heterocycles. The number of benzene rings is 1. The molecule has 4 rings (SSSR count).